The van der Waals surface area contributed by atoms with E-state index in [-0.39, 0.29) is 11.5 Å². The maximum atomic E-state index is 12.7. The maximum absolute atomic E-state index is 12.7. The lowest BCUT2D eigenvalue weighted by molar-refractivity contribution is 0.0525. The van der Waals surface area contributed by atoms with Gasteiger partial charge in [-0.3, -0.25) is 4.79 Å². The van der Waals surface area contributed by atoms with Crippen LogP contribution in [-0.2, 0) is 4.74 Å². The number of methoxy groups -OCH3 is 1. The first kappa shape index (κ1) is 24.8. The fourth-order valence-corrected chi connectivity index (χ4v) is 5.25. The lowest BCUT2D eigenvalue weighted by Crippen LogP contribution is -2.34. The van der Waals surface area contributed by atoms with Crippen molar-refractivity contribution in [2.45, 2.75) is 53.1 Å². The van der Waals surface area contributed by atoms with Crippen molar-refractivity contribution in [2.75, 3.05) is 13.7 Å². The van der Waals surface area contributed by atoms with E-state index in [0.29, 0.717) is 11.9 Å². The summed E-state index contributed by atoms with van der Waals surface area (Å²) in [7, 11) is 1.68. The number of pyridine rings is 1. The van der Waals surface area contributed by atoms with Crippen LogP contribution >= 0.6 is 11.3 Å². The van der Waals surface area contributed by atoms with Gasteiger partial charge in [-0.15, -0.1) is 0 Å². The number of benzene rings is 2. The summed E-state index contributed by atoms with van der Waals surface area (Å²) < 4.78 is 11.2. The number of aryl methyl sites for hydroxylation is 2. The van der Waals surface area contributed by atoms with Crippen molar-refractivity contribution in [2.24, 2.45) is 0 Å². The zero-order valence-electron chi connectivity index (χ0n) is 21.3. The summed E-state index contributed by atoms with van der Waals surface area (Å²) in [4.78, 5) is 27.8. The topological polar surface area (TPSA) is 80.4 Å². The van der Waals surface area contributed by atoms with Crippen molar-refractivity contribution in [3.8, 4) is 16.9 Å². The van der Waals surface area contributed by atoms with Gasteiger partial charge in [-0.25, -0.2) is 4.79 Å². The van der Waals surface area contributed by atoms with Gasteiger partial charge in [0, 0.05) is 28.3 Å². The quantitative estimate of drug-likeness (QED) is 0.326. The van der Waals surface area contributed by atoms with Crippen LogP contribution in [0.4, 0.5) is 4.79 Å². The van der Waals surface area contributed by atoms with Gasteiger partial charge in [0.2, 0.25) is 0 Å². The van der Waals surface area contributed by atoms with Crippen molar-refractivity contribution in [1.29, 1.82) is 0 Å². The van der Waals surface area contributed by atoms with Crippen LogP contribution in [-0.4, -0.2) is 30.3 Å². The second-order valence-electron chi connectivity index (χ2n) is 10.0. The number of nitrogens with one attached hydrogen (secondary N) is 2. The van der Waals surface area contributed by atoms with Gasteiger partial charge in [0.25, 0.3) is 5.56 Å². The zero-order chi connectivity index (χ0) is 25.5. The molecule has 1 atom stereocenters. The fraction of sp³-hybridized carbons (Fsp3) is 0.357. The smallest absolute Gasteiger partial charge is 0.407 e. The van der Waals surface area contributed by atoms with Gasteiger partial charge in [0.15, 0.2) is 0 Å². The summed E-state index contributed by atoms with van der Waals surface area (Å²) in [5.41, 5.74) is 5.40. The number of fused-ring (bicyclic) bond motifs is 3. The number of aromatic amines is 1. The Balaban J connectivity index is 1.76. The second-order valence-corrected chi connectivity index (χ2v) is 10.8. The summed E-state index contributed by atoms with van der Waals surface area (Å²) in [6, 6.07) is 8.32. The highest BCUT2D eigenvalue weighted by atomic mass is 32.1. The molecule has 0 bridgehead atoms. The van der Waals surface area contributed by atoms with E-state index in [1.807, 2.05) is 44.5 Å². The summed E-state index contributed by atoms with van der Waals surface area (Å²) in [6.07, 6.45) is -0.415. The molecule has 0 aliphatic heterocycles. The number of thiophene rings is 1. The lowest BCUT2D eigenvalue weighted by atomic mass is 9.89. The zero-order valence-corrected chi connectivity index (χ0v) is 22.1. The lowest BCUT2D eigenvalue weighted by Gasteiger charge is -2.21. The Kier molecular flexibility index (Phi) is 6.64. The van der Waals surface area contributed by atoms with Crippen LogP contribution in [0.5, 0.6) is 5.75 Å². The van der Waals surface area contributed by atoms with Gasteiger partial charge in [-0.2, -0.15) is 11.3 Å². The third kappa shape index (κ3) is 4.91. The number of amides is 1. The number of hydrogen-bond acceptors (Lipinski definition) is 5. The number of carbonyl (C=O) groups is 1. The van der Waals surface area contributed by atoms with Gasteiger partial charge in [0.1, 0.15) is 11.4 Å². The Morgan fingerprint density at radius 1 is 1.11 bits per heavy atom. The molecule has 4 rings (SSSR count). The summed E-state index contributed by atoms with van der Waals surface area (Å²) >= 11 is 1.52. The van der Waals surface area contributed by atoms with Crippen LogP contribution in [0, 0.1) is 13.8 Å². The van der Waals surface area contributed by atoms with E-state index in [9.17, 15) is 9.59 Å². The van der Waals surface area contributed by atoms with E-state index in [1.54, 1.807) is 7.11 Å². The normalized spacial score (nSPS) is 12.7. The first-order valence-electron chi connectivity index (χ1n) is 11.7. The molecule has 0 spiro atoms. The Hall–Kier alpha value is -3.32. The highest BCUT2D eigenvalue weighted by Gasteiger charge is 2.21. The molecule has 1 unspecified atom stereocenters. The number of ether oxygens (including phenoxy) is 2. The first-order valence-corrected chi connectivity index (χ1v) is 12.6. The molecule has 2 aromatic heterocycles. The average Bonchev–Trinajstić information content (AvgIpc) is 3.28. The predicted octanol–water partition coefficient (Wildman–Crippen LogP) is 6.66. The van der Waals surface area contributed by atoms with Crippen LogP contribution in [0.25, 0.3) is 32.8 Å². The Morgan fingerprint density at radius 3 is 2.49 bits per heavy atom. The summed E-state index contributed by atoms with van der Waals surface area (Å²) in [5, 5.41) is 9.40. The Bertz CT molecular complexity index is 1480. The minimum absolute atomic E-state index is 0.0775. The molecule has 4 aromatic rings. The molecule has 35 heavy (non-hydrogen) atoms. The molecule has 2 N–H and O–H groups in total. The molecule has 0 aliphatic rings. The molecular weight excluding hydrogens is 460 g/mol. The molecule has 2 heterocycles. The minimum Gasteiger partial charge on any atom is -0.496 e. The molecule has 2 aromatic carbocycles. The Labute approximate surface area is 209 Å². The highest BCUT2D eigenvalue weighted by molar-refractivity contribution is 7.09. The van der Waals surface area contributed by atoms with Crippen molar-refractivity contribution in [3.05, 3.63) is 62.1 Å². The first-order chi connectivity index (χ1) is 16.5. The minimum atomic E-state index is -0.528. The van der Waals surface area contributed by atoms with E-state index < -0.39 is 11.7 Å². The van der Waals surface area contributed by atoms with Crippen molar-refractivity contribution >= 4 is 39.1 Å². The average molecular weight is 493 g/mol. The van der Waals surface area contributed by atoms with Gasteiger partial charge in [0.05, 0.1) is 18.0 Å². The highest BCUT2D eigenvalue weighted by Crippen LogP contribution is 2.43. The van der Waals surface area contributed by atoms with Crippen LogP contribution in [0.15, 0.2) is 39.8 Å². The van der Waals surface area contributed by atoms with Gasteiger partial charge < -0.3 is 19.8 Å². The molecule has 0 fully saturated rings. The monoisotopic (exact) mass is 492 g/mol. The predicted molar refractivity (Wildman–Crippen MR) is 144 cm³/mol. The number of carbonyl (C=O) groups excluding carboxylic acids is 1. The van der Waals surface area contributed by atoms with Gasteiger partial charge in [-0.05, 0) is 74.2 Å². The van der Waals surface area contributed by atoms with Crippen molar-refractivity contribution in [3.63, 3.8) is 0 Å². The van der Waals surface area contributed by atoms with Crippen molar-refractivity contribution < 1.29 is 14.3 Å². The molecular formula is C28H32N2O4S. The number of aromatic nitrogens is 1. The molecule has 7 heteroatoms. The summed E-state index contributed by atoms with van der Waals surface area (Å²) in [6.45, 7) is 12.2. The number of rotatable bonds is 5. The van der Waals surface area contributed by atoms with Gasteiger partial charge in [-0.1, -0.05) is 25.1 Å². The van der Waals surface area contributed by atoms with E-state index >= 15 is 0 Å². The van der Waals surface area contributed by atoms with Crippen LogP contribution in [0.2, 0.25) is 0 Å². The van der Waals surface area contributed by atoms with Gasteiger partial charge >= 0.3 is 6.09 Å². The molecule has 0 saturated carbocycles. The third-order valence-corrected chi connectivity index (χ3v) is 6.91. The molecule has 184 valence electrons. The van der Waals surface area contributed by atoms with Crippen molar-refractivity contribution in [1.82, 2.24) is 10.3 Å². The summed E-state index contributed by atoms with van der Waals surface area (Å²) in [5.74, 6) is 0.872. The SMILES string of the molecule is COc1cc(C)c2[nH]c(=O)c3cscc3c2c1-c1ccc(C(C)CNC(=O)OC(C)(C)C)cc1C. The van der Waals surface area contributed by atoms with E-state index in [1.165, 1.54) is 11.3 Å². The van der Waals surface area contributed by atoms with E-state index in [4.69, 9.17) is 9.47 Å². The van der Waals surface area contributed by atoms with Crippen LogP contribution in [0.1, 0.15) is 50.3 Å². The van der Waals surface area contributed by atoms with Crippen LogP contribution < -0.4 is 15.6 Å². The molecule has 0 aliphatic carbocycles. The third-order valence-electron chi connectivity index (χ3n) is 6.16. The number of H-pyrrole nitrogens is 1. The standard InChI is InChI=1S/C28H32N2O4S/c1-15-10-18(17(3)12-29-27(32)34-28(4,5)6)8-9-19(15)23-22(33-7)11-16(2)25-24(23)20-13-35-14-21(20)26(31)30-25/h8-11,13-14,17H,12H2,1-7H3,(H,29,32)(H,30,31). The second kappa shape index (κ2) is 9.38. The van der Waals surface area contributed by atoms with E-state index in [0.717, 1.165) is 49.9 Å². The fourth-order valence-electron chi connectivity index (χ4n) is 4.43. The number of hydrogen-bond donors (Lipinski definition) is 2. The van der Waals surface area contributed by atoms with E-state index in [2.05, 4.69) is 42.3 Å². The molecule has 6 nitrogen and oxygen atoms in total. The number of alkyl carbamates (subject to hydrolysis) is 1. The molecule has 0 saturated heterocycles. The van der Waals surface area contributed by atoms with Crippen LogP contribution in [0.3, 0.4) is 0 Å². The maximum Gasteiger partial charge on any atom is 0.407 e. The Morgan fingerprint density at radius 2 is 1.83 bits per heavy atom. The molecule has 0 radical (unpaired) electrons. The largest absolute Gasteiger partial charge is 0.496 e. The molecule has 1 amide bonds.